The minimum absolute atomic E-state index is 0.215. The second-order valence-corrected chi connectivity index (χ2v) is 5.45. The molecule has 0 radical (unpaired) electrons. The summed E-state index contributed by atoms with van der Waals surface area (Å²) in [5.74, 6) is 0.769. The lowest BCUT2D eigenvalue weighted by atomic mass is 10.0. The van der Waals surface area contributed by atoms with Crippen LogP contribution in [0.4, 0.5) is 0 Å². The molecule has 18 heavy (non-hydrogen) atoms. The number of benzene rings is 1. The van der Waals surface area contributed by atoms with Crippen LogP contribution in [-0.2, 0) is 11.2 Å². The minimum atomic E-state index is 0.215. The van der Waals surface area contributed by atoms with Gasteiger partial charge in [0.05, 0.1) is 6.42 Å². The van der Waals surface area contributed by atoms with Gasteiger partial charge in [-0.25, -0.2) is 0 Å². The van der Waals surface area contributed by atoms with Gasteiger partial charge in [0.2, 0.25) is 5.91 Å². The number of hydrogen-bond donors (Lipinski definition) is 0. The maximum absolute atomic E-state index is 12.3. The van der Waals surface area contributed by atoms with Crippen molar-refractivity contribution in [2.75, 3.05) is 12.4 Å². The summed E-state index contributed by atoms with van der Waals surface area (Å²) in [4.78, 5) is 14.3. The summed E-state index contributed by atoms with van der Waals surface area (Å²) in [6.45, 7) is 4.98. The first-order valence-corrected chi connectivity index (χ1v) is 7.07. The van der Waals surface area contributed by atoms with Gasteiger partial charge in [0.1, 0.15) is 0 Å². The first kappa shape index (κ1) is 13.4. The van der Waals surface area contributed by atoms with Crippen LogP contribution < -0.4 is 0 Å². The average Bonchev–Trinajstić information content (AvgIpc) is 2.82. The van der Waals surface area contributed by atoms with Crippen molar-refractivity contribution in [2.24, 2.45) is 0 Å². The minimum Gasteiger partial charge on any atom is -0.338 e. The molecule has 1 heterocycles. The molecule has 1 aromatic carbocycles. The highest BCUT2D eigenvalue weighted by Crippen LogP contribution is 2.20. The molecule has 1 aliphatic heterocycles. The second kappa shape index (κ2) is 5.75. The third-order valence-corrected chi connectivity index (χ3v) is 4.08. The predicted octanol–water partition coefficient (Wildman–Crippen LogP) is 3.08. The van der Waals surface area contributed by atoms with E-state index in [-0.39, 0.29) is 11.9 Å². The number of nitrogens with zero attached hydrogens (tertiary/aromatic N) is 1. The van der Waals surface area contributed by atoms with Crippen LogP contribution in [0.5, 0.6) is 0 Å². The van der Waals surface area contributed by atoms with E-state index in [4.69, 9.17) is 11.6 Å². The van der Waals surface area contributed by atoms with Crippen molar-refractivity contribution in [3.8, 4) is 0 Å². The number of amides is 1. The van der Waals surface area contributed by atoms with Crippen LogP contribution in [0.25, 0.3) is 0 Å². The highest BCUT2D eigenvalue weighted by Gasteiger charge is 2.27. The lowest BCUT2D eigenvalue weighted by molar-refractivity contribution is -0.130. The van der Waals surface area contributed by atoms with Gasteiger partial charge < -0.3 is 4.90 Å². The molecule has 0 saturated carbocycles. The van der Waals surface area contributed by atoms with Crippen molar-refractivity contribution in [1.29, 1.82) is 0 Å². The molecule has 1 fully saturated rings. The first-order valence-electron chi connectivity index (χ1n) is 6.53. The van der Waals surface area contributed by atoms with E-state index in [0.717, 1.165) is 24.9 Å². The summed E-state index contributed by atoms with van der Waals surface area (Å²) in [6.07, 6.45) is 2.62. The van der Waals surface area contributed by atoms with E-state index < -0.39 is 0 Å². The van der Waals surface area contributed by atoms with Gasteiger partial charge in [0.15, 0.2) is 0 Å². The monoisotopic (exact) mass is 265 g/mol. The number of alkyl halides is 1. The second-order valence-electron chi connectivity index (χ2n) is 5.14. The van der Waals surface area contributed by atoms with Crippen LogP contribution in [-0.4, -0.2) is 29.3 Å². The van der Waals surface area contributed by atoms with Gasteiger partial charge in [0.25, 0.3) is 0 Å². The Labute approximate surface area is 114 Å². The summed E-state index contributed by atoms with van der Waals surface area (Å²) < 4.78 is 0. The zero-order valence-corrected chi connectivity index (χ0v) is 11.8. The number of carbonyl (C=O) groups is 1. The van der Waals surface area contributed by atoms with E-state index in [1.807, 2.05) is 4.90 Å². The Morgan fingerprint density at radius 2 is 2.22 bits per heavy atom. The van der Waals surface area contributed by atoms with Gasteiger partial charge >= 0.3 is 0 Å². The largest absolute Gasteiger partial charge is 0.338 e. The van der Waals surface area contributed by atoms with Crippen molar-refractivity contribution in [1.82, 2.24) is 4.90 Å². The molecule has 3 heteroatoms. The molecule has 98 valence electrons. The fourth-order valence-corrected chi connectivity index (χ4v) is 2.90. The SMILES string of the molecule is Cc1ccc(C)c(CC(=O)N2CCCC2CCl)c1. The maximum Gasteiger partial charge on any atom is 0.227 e. The molecular formula is C15H20ClNO. The smallest absolute Gasteiger partial charge is 0.227 e. The zero-order chi connectivity index (χ0) is 13.1. The van der Waals surface area contributed by atoms with Gasteiger partial charge in [0, 0.05) is 18.5 Å². The maximum atomic E-state index is 12.3. The molecule has 2 rings (SSSR count). The van der Waals surface area contributed by atoms with Crippen LogP contribution in [0.3, 0.4) is 0 Å². The van der Waals surface area contributed by atoms with Crippen LogP contribution in [0, 0.1) is 13.8 Å². The van der Waals surface area contributed by atoms with Gasteiger partial charge in [-0.1, -0.05) is 23.8 Å². The summed E-state index contributed by atoms with van der Waals surface area (Å²) in [7, 11) is 0. The van der Waals surface area contributed by atoms with Crippen LogP contribution >= 0.6 is 11.6 Å². The predicted molar refractivity (Wildman–Crippen MR) is 75.1 cm³/mol. The van der Waals surface area contributed by atoms with Gasteiger partial charge in [-0.3, -0.25) is 4.79 Å². The normalized spacial score (nSPS) is 19.3. The molecule has 0 aromatic heterocycles. The number of hydrogen-bond acceptors (Lipinski definition) is 1. The van der Waals surface area contributed by atoms with E-state index in [1.165, 1.54) is 11.1 Å². The highest BCUT2D eigenvalue weighted by molar-refractivity contribution is 6.18. The average molecular weight is 266 g/mol. The lowest BCUT2D eigenvalue weighted by Gasteiger charge is -2.23. The van der Waals surface area contributed by atoms with Gasteiger partial charge in [-0.15, -0.1) is 11.6 Å². The molecule has 1 saturated heterocycles. The van der Waals surface area contributed by atoms with Crippen molar-refractivity contribution in [2.45, 2.75) is 39.2 Å². The van der Waals surface area contributed by atoms with Crippen molar-refractivity contribution in [3.63, 3.8) is 0 Å². The number of halogens is 1. The molecule has 0 bridgehead atoms. The summed E-state index contributed by atoms with van der Waals surface area (Å²) in [5.41, 5.74) is 3.54. The molecule has 0 aliphatic carbocycles. The zero-order valence-electron chi connectivity index (χ0n) is 11.1. The number of carbonyl (C=O) groups excluding carboxylic acids is 1. The quantitative estimate of drug-likeness (QED) is 0.769. The Bertz CT molecular complexity index is 444. The molecule has 1 unspecified atom stereocenters. The summed E-state index contributed by atoms with van der Waals surface area (Å²) in [6, 6.07) is 6.52. The van der Waals surface area contributed by atoms with Crippen molar-refractivity contribution in [3.05, 3.63) is 34.9 Å². The Morgan fingerprint density at radius 1 is 1.44 bits per heavy atom. The van der Waals surface area contributed by atoms with Crippen molar-refractivity contribution < 1.29 is 4.79 Å². The fourth-order valence-electron chi connectivity index (χ4n) is 2.58. The van der Waals surface area contributed by atoms with E-state index in [9.17, 15) is 4.79 Å². The Morgan fingerprint density at radius 3 is 2.94 bits per heavy atom. The molecule has 0 N–H and O–H groups in total. The first-order chi connectivity index (χ1) is 8.61. The lowest BCUT2D eigenvalue weighted by Crippen LogP contribution is -2.37. The molecule has 1 amide bonds. The van der Waals surface area contributed by atoms with E-state index >= 15 is 0 Å². The Hall–Kier alpha value is -1.02. The summed E-state index contributed by atoms with van der Waals surface area (Å²) in [5, 5.41) is 0. The molecule has 1 atom stereocenters. The van der Waals surface area contributed by atoms with Crippen molar-refractivity contribution >= 4 is 17.5 Å². The fraction of sp³-hybridized carbons (Fsp3) is 0.533. The molecule has 0 spiro atoms. The standard InChI is InChI=1S/C15H20ClNO/c1-11-5-6-12(2)13(8-11)9-15(18)17-7-3-4-14(17)10-16/h5-6,8,14H,3-4,7,9-10H2,1-2H3. The number of likely N-dealkylation sites (tertiary alicyclic amines) is 1. The van der Waals surface area contributed by atoms with E-state index in [2.05, 4.69) is 32.0 Å². The topological polar surface area (TPSA) is 20.3 Å². The number of aryl methyl sites for hydroxylation is 2. The van der Waals surface area contributed by atoms with E-state index in [0.29, 0.717) is 12.3 Å². The number of rotatable bonds is 3. The molecule has 1 aliphatic rings. The van der Waals surface area contributed by atoms with Crippen LogP contribution in [0.1, 0.15) is 29.5 Å². The van der Waals surface area contributed by atoms with Crippen LogP contribution in [0.2, 0.25) is 0 Å². The third-order valence-electron chi connectivity index (χ3n) is 3.72. The highest BCUT2D eigenvalue weighted by atomic mass is 35.5. The molecule has 2 nitrogen and oxygen atoms in total. The summed E-state index contributed by atoms with van der Waals surface area (Å²) >= 11 is 5.91. The van der Waals surface area contributed by atoms with E-state index in [1.54, 1.807) is 0 Å². The molecular weight excluding hydrogens is 246 g/mol. The van der Waals surface area contributed by atoms with Gasteiger partial charge in [-0.2, -0.15) is 0 Å². The Balaban J connectivity index is 2.09. The third kappa shape index (κ3) is 2.86. The molecule has 1 aromatic rings. The van der Waals surface area contributed by atoms with Crippen LogP contribution in [0.15, 0.2) is 18.2 Å². The van der Waals surface area contributed by atoms with Gasteiger partial charge in [-0.05, 0) is 37.8 Å². The Kier molecular flexibility index (Phi) is 4.28.